The van der Waals surface area contributed by atoms with Gasteiger partial charge in [0.25, 0.3) is 0 Å². The van der Waals surface area contributed by atoms with Gasteiger partial charge in [-0.05, 0) is 36.4 Å². The van der Waals surface area contributed by atoms with Crippen molar-refractivity contribution in [1.82, 2.24) is 9.99 Å². The largest absolute Gasteiger partial charge is 0.497 e. The molecule has 6 nitrogen and oxygen atoms in total. The third kappa shape index (κ3) is 2.97. The number of hydrazone groups is 1. The van der Waals surface area contributed by atoms with Gasteiger partial charge in [-0.3, -0.25) is 4.98 Å². The Morgan fingerprint density at radius 2 is 1.86 bits per heavy atom. The maximum absolute atomic E-state index is 6.45. The molecule has 2 aliphatic heterocycles. The first kappa shape index (κ1) is 17.6. The van der Waals surface area contributed by atoms with Crippen molar-refractivity contribution in [2.45, 2.75) is 18.7 Å². The molecule has 1 aromatic heterocycles. The van der Waals surface area contributed by atoms with Crippen LogP contribution in [0.25, 0.3) is 0 Å². The van der Waals surface area contributed by atoms with E-state index in [1.165, 1.54) is 0 Å². The maximum atomic E-state index is 6.45. The number of ether oxygens (including phenoxy) is 3. The molecule has 0 spiro atoms. The Labute approximate surface area is 169 Å². The number of hydrogen-bond acceptors (Lipinski definition) is 6. The molecular weight excluding hydrogens is 366 g/mol. The zero-order valence-corrected chi connectivity index (χ0v) is 16.3. The lowest BCUT2D eigenvalue weighted by Crippen LogP contribution is -2.33. The zero-order valence-electron chi connectivity index (χ0n) is 16.3. The van der Waals surface area contributed by atoms with E-state index in [9.17, 15) is 0 Å². The van der Waals surface area contributed by atoms with E-state index in [0.29, 0.717) is 0 Å². The van der Waals surface area contributed by atoms with Gasteiger partial charge in [-0.15, -0.1) is 0 Å². The summed E-state index contributed by atoms with van der Waals surface area (Å²) in [6.45, 7) is 0. The van der Waals surface area contributed by atoms with Crippen LogP contribution in [0.4, 0.5) is 0 Å². The summed E-state index contributed by atoms with van der Waals surface area (Å²) in [6, 6.07) is 17.9. The molecule has 2 atom stereocenters. The SMILES string of the molecule is COc1ccc([C@@H]2Oc3c(OC)cccc3[C@@H]3CC(c4cccnc4)=NN32)cc1. The van der Waals surface area contributed by atoms with Gasteiger partial charge in [-0.25, -0.2) is 5.01 Å². The Kier molecular flexibility index (Phi) is 4.31. The van der Waals surface area contributed by atoms with Crippen molar-refractivity contribution in [3.63, 3.8) is 0 Å². The fourth-order valence-electron chi connectivity index (χ4n) is 3.94. The summed E-state index contributed by atoms with van der Waals surface area (Å²) in [4.78, 5) is 4.25. The van der Waals surface area contributed by atoms with E-state index >= 15 is 0 Å². The lowest BCUT2D eigenvalue weighted by atomic mass is 9.96. The molecule has 0 unspecified atom stereocenters. The van der Waals surface area contributed by atoms with E-state index in [-0.39, 0.29) is 12.3 Å². The first-order chi connectivity index (χ1) is 14.3. The zero-order chi connectivity index (χ0) is 19.8. The number of methoxy groups -OCH3 is 2. The Hall–Kier alpha value is -3.54. The number of aromatic nitrogens is 1. The van der Waals surface area contributed by atoms with Crippen LogP contribution in [-0.4, -0.2) is 29.9 Å². The van der Waals surface area contributed by atoms with Crippen molar-refractivity contribution < 1.29 is 14.2 Å². The van der Waals surface area contributed by atoms with E-state index < -0.39 is 0 Å². The number of rotatable bonds is 4. The molecular formula is C23H21N3O3. The van der Waals surface area contributed by atoms with Crippen LogP contribution < -0.4 is 14.2 Å². The van der Waals surface area contributed by atoms with Crippen molar-refractivity contribution >= 4 is 5.71 Å². The van der Waals surface area contributed by atoms with E-state index in [1.807, 2.05) is 59.7 Å². The minimum Gasteiger partial charge on any atom is -0.497 e. The van der Waals surface area contributed by atoms with Crippen molar-refractivity contribution in [3.8, 4) is 17.2 Å². The molecule has 2 aromatic carbocycles. The number of para-hydroxylation sites is 1. The molecule has 3 aromatic rings. The molecule has 0 fully saturated rings. The second-order valence-corrected chi connectivity index (χ2v) is 7.01. The van der Waals surface area contributed by atoms with Crippen molar-refractivity contribution in [2.24, 2.45) is 5.10 Å². The first-order valence-electron chi connectivity index (χ1n) is 9.52. The van der Waals surface area contributed by atoms with Gasteiger partial charge >= 0.3 is 0 Å². The molecule has 0 amide bonds. The van der Waals surface area contributed by atoms with Crippen LogP contribution in [-0.2, 0) is 0 Å². The first-order valence-corrected chi connectivity index (χ1v) is 9.52. The second kappa shape index (κ2) is 7.13. The topological polar surface area (TPSA) is 56.2 Å². The van der Waals surface area contributed by atoms with Crippen molar-refractivity contribution in [1.29, 1.82) is 0 Å². The quantitative estimate of drug-likeness (QED) is 0.667. The molecule has 0 saturated heterocycles. The lowest BCUT2D eigenvalue weighted by Gasteiger charge is -2.38. The predicted octanol–water partition coefficient (Wildman–Crippen LogP) is 4.34. The highest BCUT2D eigenvalue weighted by molar-refractivity contribution is 6.01. The van der Waals surface area contributed by atoms with Crippen molar-refractivity contribution in [2.75, 3.05) is 14.2 Å². The summed E-state index contributed by atoms with van der Waals surface area (Å²) in [5, 5.41) is 7.00. The number of fused-ring (bicyclic) bond motifs is 3. The Morgan fingerprint density at radius 3 is 2.59 bits per heavy atom. The average Bonchev–Trinajstić information content (AvgIpc) is 3.24. The van der Waals surface area contributed by atoms with Gasteiger partial charge in [-0.2, -0.15) is 5.10 Å². The smallest absolute Gasteiger partial charge is 0.214 e. The number of pyridine rings is 1. The monoisotopic (exact) mass is 387 g/mol. The van der Waals surface area contributed by atoms with E-state index in [4.69, 9.17) is 19.3 Å². The van der Waals surface area contributed by atoms with Gasteiger partial charge in [0.1, 0.15) is 5.75 Å². The predicted molar refractivity (Wildman–Crippen MR) is 109 cm³/mol. The molecule has 0 N–H and O–H groups in total. The number of nitrogens with zero attached hydrogens (tertiary/aromatic N) is 3. The fourth-order valence-corrected chi connectivity index (χ4v) is 3.94. The van der Waals surface area contributed by atoms with Crippen LogP contribution in [0, 0.1) is 0 Å². The van der Waals surface area contributed by atoms with Crippen LogP contribution in [0.15, 0.2) is 72.1 Å². The summed E-state index contributed by atoms with van der Waals surface area (Å²) in [5.74, 6) is 2.32. The Bertz CT molecular complexity index is 1050. The fraction of sp³-hybridized carbons (Fsp3) is 0.217. The average molecular weight is 387 g/mol. The molecule has 146 valence electrons. The standard InChI is InChI=1S/C23H21N3O3/c1-27-17-10-8-15(9-11-17)23-26-20(13-19(25-26)16-5-4-12-24-14-16)18-6-3-7-21(28-2)22(18)29-23/h3-12,14,20,23H,13H2,1-2H3/t20-,23-/m0/s1. The van der Waals surface area contributed by atoms with E-state index in [2.05, 4.69) is 11.1 Å². The van der Waals surface area contributed by atoms with Crippen LogP contribution >= 0.6 is 0 Å². The van der Waals surface area contributed by atoms with Crippen molar-refractivity contribution in [3.05, 3.63) is 83.7 Å². The number of benzene rings is 2. The normalized spacial score (nSPS) is 19.7. The molecule has 0 saturated carbocycles. The number of hydrogen-bond donors (Lipinski definition) is 0. The van der Waals surface area contributed by atoms with E-state index in [1.54, 1.807) is 20.4 Å². The summed E-state index contributed by atoms with van der Waals surface area (Å²) in [6.07, 6.45) is 4.05. The third-order valence-corrected chi connectivity index (χ3v) is 5.40. The van der Waals surface area contributed by atoms with Gasteiger partial charge in [0.05, 0.1) is 26.0 Å². The molecule has 29 heavy (non-hydrogen) atoms. The summed E-state index contributed by atoms with van der Waals surface area (Å²) < 4.78 is 17.3. The van der Waals surface area contributed by atoms with Crippen LogP contribution in [0.1, 0.15) is 35.4 Å². The summed E-state index contributed by atoms with van der Waals surface area (Å²) in [7, 11) is 3.33. The highest BCUT2D eigenvalue weighted by Crippen LogP contribution is 2.50. The Morgan fingerprint density at radius 1 is 1.00 bits per heavy atom. The van der Waals surface area contributed by atoms with Gasteiger partial charge in [0.2, 0.25) is 6.23 Å². The molecule has 0 bridgehead atoms. The molecule has 0 aliphatic carbocycles. The third-order valence-electron chi connectivity index (χ3n) is 5.40. The minimum absolute atomic E-state index is 0.0659. The van der Waals surface area contributed by atoms with Gasteiger partial charge in [-0.1, -0.05) is 18.2 Å². The van der Waals surface area contributed by atoms with Crippen LogP contribution in [0.3, 0.4) is 0 Å². The lowest BCUT2D eigenvalue weighted by molar-refractivity contribution is -0.0209. The van der Waals surface area contributed by atoms with Gasteiger partial charge in [0, 0.05) is 35.5 Å². The van der Waals surface area contributed by atoms with Gasteiger partial charge in [0.15, 0.2) is 11.5 Å². The molecule has 6 heteroatoms. The highest BCUT2D eigenvalue weighted by atomic mass is 16.5. The highest BCUT2D eigenvalue weighted by Gasteiger charge is 2.42. The maximum Gasteiger partial charge on any atom is 0.214 e. The Balaban J connectivity index is 1.60. The minimum atomic E-state index is -0.358. The molecule has 5 rings (SSSR count). The van der Waals surface area contributed by atoms with E-state index in [0.717, 1.165) is 46.1 Å². The van der Waals surface area contributed by atoms with Crippen LogP contribution in [0.2, 0.25) is 0 Å². The summed E-state index contributed by atoms with van der Waals surface area (Å²) in [5.41, 5.74) is 4.11. The van der Waals surface area contributed by atoms with Gasteiger partial charge < -0.3 is 14.2 Å². The second-order valence-electron chi connectivity index (χ2n) is 7.01. The van der Waals surface area contributed by atoms with Crippen LogP contribution in [0.5, 0.6) is 17.2 Å². The summed E-state index contributed by atoms with van der Waals surface area (Å²) >= 11 is 0. The molecule has 0 radical (unpaired) electrons. The molecule has 2 aliphatic rings. The molecule has 3 heterocycles.